The van der Waals surface area contributed by atoms with Gasteiger partial charge in [-0.25, -0.2) is 0 Å². The Bertz CT molecular complexity index is 1240. The highest BCUT2D eigenvalue weighted by atomic mass is 35.5. The molecule has 1 heterocycles. The first-order chi connectivity index (χ1) is 15.1. The first kappa shape index (κ1) is 20.7. The molecule has 8 heteroatoms. The second-order valence-corrected chi connectivity index (χ2v) is 7.36. The number of hydrogen-bond acceptors (Lipinski definition) is 4. The summed E-state index contributed by atoms with van der Waals surface area (Å²) in [5.41, 5.74) is 6.03. The van der Waals surface area contributed by atoms with Gasteiger partial charge in [0.2, 0.25) is 0 Å². The summed E-state index contributed by atoms with van der Waals surface area (Å²) in [6.45, 7) is 0.144. The summed E-state index contributed by atoms with van der Waals surface area (Å²) in [5.74, 6) is 0.684. The van der Waals surface area contributed by atoms with Crippen molar-refractivity contribution in [3.8, 4) is 5.75 Å². The number of halogens is 1. The molecule has 31 heavy (non-hydrogen) atoms. The third-order valence-electron chi connectivity index (χ3n) is 4.42. The predicted molar refractivity (Wildman–Crippen MR) is 125 cm³/mol. The minimum atomic E-state index is -0.467. The molecule has 0 fully saturated rings. The van der Waals surface area contributed by atoms with Gasteiger partial charge in [0.05, 0.1) is 5.02 Å². The van der Waals surface area contributed by atoms with Crippen LogP contribution in [0.4, 0.5) is 5.69 Å². The zero-order valence-electron chi connectivity index (χ0n) is 16.2. The van der Waals surface area contributed by atoms with Gasteiger partial charge in [-0.15, -0.1) is 0 Å². The van der Waals surface area contributed by atoms with E-state index in [-0.39, 0.29) is 17.5 Å². The molecule has 0 bridgehead atoms. The molecule has 1 amide bonds. The van der Waals surface area contributed by atoms with Gasteiger partial charge in [0.25, 0.3) is 0 Å². The second-order valence-electron chi connectivity index (χ2n) is 6.55. The van der Waals surface area contributed by atoms with Crippen LogP contribution < -0.4 is 20.9 Å². The quantitative estimate of drug-likeness (QED) is 0.282. The number of furan rings is 1. The number of carbonyl (C=O) groups is 1. The molecule has 0 saturated heterocycles. The Kier molecular flexibility index (Phi) is 6.35. The molecule has 156 valence electrons. The predicted octanol–water partition coefficient (Wildman–Crippen LogP) is 5.30. The molecule has 0 saturated carbocycles. The molecular weight excluding hydrogens is 434 g/mol. The number of anilines is 1. The summed E-state index contributed by atoms with van der Waals surface area (Å²) < 4.78 is 11.1. The smallest absolute Gasteiger partial charge is 0.305 e. The van der Waals surface area contributed by atoms with Crippen LogP contribution >= 0.6 is 23.8 Å². The number of amides is 1. The van der Waals surface area contributed by atoms with Crippen LogP contribution in [0.3, 0.4) is 0 Å². The van der Waals surface area contributed by atoms with E-state index in [0.717, 1.165) is 16.5 Å². The Morgan fingerprint density at radius 1 is 0.935 bits per heavy atom. The first-order valence-corrected chi connectivity index (χ1v) is 10.2. The van der Waals surface area contributed by atoms with E-state index in [1.165, 1.54) is 0 Å². The van der Waals surface area contributed by atoms with Crippen molar-refractivity contribution < 1.29 is 13.9 Å². The van der Waals surface area contributed by atoms with E-state index in [9.17, 15) is 4.79 Å². The maximum atomic E-state index is 12.3. The van der Waals surface area contributed by atoms with Gasteiger partial charge in [-0.3, -0.25) is 15.6 Å². The van der Waals surface area contributed by atoms with Gasteiger partial charge in [-0.05, 0) is 47.9 Å². The Morgan fingerprint density at radius 2 is 1.71 bits per heavy atom. The molecule has 0 unspecified atom stereocenters. The molecule has 0 aliphatic carbocycles. The molecule has 6 nitrogen and oxygen atoms in total. The fourth-order valence-electron chi connectivity index (χ4n) is 2.95. The maximum Gasteiger partial charge on any atom is 0.305 e. The summed E-state index contributed by atoms with van der Waals surface area (Å²) in [6, 6.07) is 24.2. The van der Waals surface area contributed by atoms with Gasteiger partial charge in [-0.1, -0.05) is 60.1 Å². The van der Waals surface area contributed by atoms with Crippen molar-refractivity contribution in [2.75, 3.05) is 5.32 Å². The fourth-order valence-corrected chi connectivity index (χ4v) is 3.30. The van der Waals surface area contributed by atoms with Crippen LogP contribution in [-0.4, -0.2) is 11.0 Å². The van der Waals surface area contributed by atoms with Crippen molar-refractivity contribution in [2.45, 2.75) is 6.61 Å². The van der Waals surface area contributed by atoms with Gasteiger partial charge >= 0.3 is 5.91 Å². The average molecular weight is 452 g/mol. The van der Waals surface area contributed by atoms with Crippen LogP contribution in [0.15, 0.2) is 83.3 Å². The lowest BCUT2D eigenvalue weighted by atomic mass is 10.1. The number of hydrogen-bond donors (Lipinski definition) is 3. The van der Waals surface area contributed by atoms with Crippen molar-refractivity contribution in [3.05, 3.63) is 95.4 Å². The Labute approximate surface area is 189 Å². The summed E-state index contributed by atoms with van der Waals surface area (Å²) in [4.78, 5) is 12.3. The van der Waals surface area contributed by atoms with Gasteiger partial charge in [0, 0.05) is 11.1 Å². The highest BCUT2D eigenvalue weighted by molar-refractivity contribution is 7.80. The average Bonchev–Trinajstić information content (AvgIpc) is 3.26. The fraction of sp³-hybridized carbons (Fsp3) is 0.0435. The lowest BCUT2D eigenvalue weighted by molar-refractivity contribution is 0.0912. The lowest BCUT2D eigenvalue weighted by Crippen LogP contribution is -2.43. The van der Waals surface area contributed by atoms with E-state index in [1.807, 2.05) is 54.6 Å². The van der Waals surface area contributed by atoms with Crippen molar-refractivity contribution in [3.63, 3.8) is 0 Å². The molecule has 3 aromatic carbocycles. The molecule has 0 aliphatic rings. The minimum absolute atomic E-state index is 0.123. The van der Waals surface area contributed by atoms with Gasteiger partial charge < -0.3 is 14.5 Å². The molecule has 0 spiro atoms. The van der Waals surface area contributed by atoms with Crippen LogP contribution in [0.2, 0.25) is 5.02 Å². The van der Waals surface area contributed by atoms with E-state index in [4.69, 9.17) is 33.0 Å². The SMILES string of the molecule is O=C(NNC(=S)Nc1cccc2ccccc12)c1ccc(COc2ccccc2Cl)o1. The van der Waals surface area contributed by atoms with E-state index < -0.39 is 5.91 Å². The normalized spacial score (nSPS) is 10.5. The van der Waals surface area contributed by atoms with Gasteiger partial charge in [-0.2, -0.15) is 0 Å². The largest absolute Gasteiger partial charge is 0.484 e. The zero-order chi connectivity index (χ0) is 21.6. The number of benzene rings is 3. The topological polar surface area (TPSA) is 75.5 Å². The lowest BCUT2D eigenvalue weighted by Gasteiger charge is -2.12. The van der Waals surface area contributed by atoms with Crippen LogP contribution in [0.25, 0.3) is 10.8 Å². The van der Waals surface area contributed by atoms with Gasteiger partial charge in [0.1, 0.15) is 18.1 Å². The number of rotatable bonds is 5. The number of para-hydroxylation sites is 1. The third-order valence-corrected chi connectivity index (χ3v) is 4.94. The van der Waals surface area contributed by atoms with E-state index in [0.29, 0.717) is 16.5 Å². The van der Waals surface area contributed by atoms with Crippen LogP contribution in [0.5, 0.6) is 5.75 Å². The molecule has 1 aromatic heterocycles. The zero-order valence-corrected chi connectivity index (χ0v) is 17.8. The van der Waals surface area contributed by atoms with E-state index >= 15 is 0 Å². The monoisotopic (exact) mass is 451 g/mol. The van der Waals surface area contributed by atoms with Crippen molar-refractivity contribution in [1.82, 2.24) is 10.9 Å². The van der Waals surface area contributed by atoms with Crippen LogP contribution in [0, 0.1) is 0 Å². The highest BCUT2D eigenvalue weighted by Gasteiger charge is 2.12. The number of carbonyl (C=O) groups excluding carboxylic acids is 1. The van der Waals surface area contributed by atoms with Crippen LogP contribution in [0.1, 0.15) is 16.3 Å². The van der Waals surface area contributed by atoms with Crippen LogP contribution in [-0.2, 0) is 6.61 Å². The van der Waals surface area contributed by atoms with Crippen molar-refractivity contribution in [1.29, 1.82) is 0 Å². The molecule has 3 N–H and O–H groups in total. The molecule has 0 atom stereocenters. The Morgan fingerprint density at radius 3 is 2.58 bits per heavy atom. The third kappa shape index (κ3) is 5.14. The summed E-state index contributed by atoms with van der Waals surface area (Å²) in [6.07, 6.45) is 0. The highest BCUT2D eigenvalue weighted by Crippen LogP contribution is 2.24. The molecule has 0 radical (unpaired) electrons. The van der Waals surface area contributed by atoms with Crippen molar-refractivity contribution in [2.24, 2.45) is 0 Å². The number of thiocarbonyl (C=S) groups is 1. The standard InChI is InChI=1S/C23H18ClN3O3S/c24-18-9-3-4-11-20(18)29-14-16-12-13-21(30-16)22(28)26-27-23(31)25-19-10-5-7-15-6-1-2-8-17(15)19/h1-13H,14H2,(H,26,28)(H2,25,27,31). The Balaban J connectivity index is 1.30. The van der Waals surface area contributed by atoms with Crippen molar-refractivity contribution >= 4 is 51.3 Å². The summed E-state index contributed by atoms with van der Waals surface area (Å²) in [7, 11) is 0. The molecular formula is C23H18ClN3O3S. The number of fused-ring (bicyclic) bond motifs is 1. The van der Waals surface area contributed by atoms with E-state index in [1.54, 1.807) is 24.3 Å². The summed E-state index contributed by atoms with van der Waals surface area (Å²) in [5, 5.41) is 5.94. The van der Waals surface area contributed by atoms with Gasteiger partial charge in [0.15, 0.2) is 10.9 Å². The number of hydrazine groups is 1. The summed E-state index contributed by atoms with van der Waals surface area (Å²) >= 11 is 11.3. The Hall–Kier alpha value is -3.55. The second kappa shape index (κ2) is 9.51. The maximum absolute atomic E-state index is 12.3. The molecule has 4 aromatic rings. The first-order valence-electron chi connectivity index (χ1n) is 9.41. The number of ether oxygens (including phenoxy) is 1. The minimum Gasteiger partial charge on any atom is -0.484 e. The molecule has 4 rings (SSSR count). The molecule has 0 aliphatic heterocycles. The number of nitrogens with one attached hydrogen (secondary N) is 3. The van der Waals surface area contributed by atoms with E-state index in [2.05, 4.69) is 16.2 Å².